The highest BCUT2D eigenvalue weighted by Crippen LogP contribution is 2.38. The van der Waals surface area contributed by atoms with Crippen molar-refractivity contribution in [3.8, 4) is 5.75 Å². The predicted octanol–water partition coefficient (Wildman–Crippen LogP) is 5.34. The molecule has 0 bridgehead atoms. The summed E-state index contributed by atoms with van der Waals surface area (Å²) in [5, 5.41) is 2.88. The highest BCUT2D eigenvalue weighted by molar-refractivity contribution is 6.46. The number of anilines is 3. The lowest BCUT2D eigenvalue weighted by atomic mass is 9.95. The molecule has 2 aromatic heterocycles. The summed E-state index contributed by atoms with van der Waals surface area (Å²) in [7, 11) is 1.68. The van der Waals surface area contributed by atoms with Gasteiger partial charge in [0.1, 0.15) is 11.6 Å². The van der Waals surface area contributed by atoms with Gasteiger partial charge < -0.3 is 24.4 Å². The monoisotopic (exact) mass is 541 g/mol. The first-order valence-electron chi connectivity index (χ1n) is 14.7. The molecule has 1 aliphatic carbocycles. The number of ether oxygens (including phenoxy) is 1. The molecule has 0 radical (unpaired) electrons. The number of methoxy groups -OCH3 is 1. The number of aryl methyl sites for hydroxylation is 2. The standard InChI is InChI=1S/C32H39N5O3/c1-22-19-27(40-2)21-29(33-22)36-17-15-35(16-18-36)25-12-10-24(11-13-25)34-32(39)31(38)30-28(23-7-3-4-8-23)20-26-9-5-6-14-37(26)30/h10-13,19-21,23H,3-9,14-18H2,1-2H3,(H,34,39). The Morgan fingerprint density at radius 2 is 1.62 bits per heavy atom. The third-order valence-corrected chi connectivity index (χ3v) is 8.74. The summed E-state index contributed by atoms with van der Waals surface area (Å²) in [6.07, 6.45) is 7.80. The quantitative estimate of drug-likeness (QED) is 0.321. The van der Waals surface area contributed by atoms with Crippen molar-refractivity contribution < 1.29 is 14.3 Å². The van der Waals surface area contributed by atoms with Gasteiger partial charge in [-0.15, -0.1) is 0 Å². The highest BCUT2D eigenvalue weighted by atomic mass is 16.5. The second-order valence-electron chi connectivity index (χ2n) is 11.3. The van der Waals surface area contributed by atoms with E-state index in [1.807, 2.05) is 43.3 Å². The summed E-state index contributed by atoms with van der Waals surface area (Å²) in [6, 6.07) is 14.0. The van der Waals surface area contributed by atoms with Crippen molar-refractivity contribution in [3.05, 3.63) is 65.1 Å². The van der Waals surface area contributed by atoms with Gasteiger partial charge in [-0.2, -0.15) is 0 Å². The number of ketones is 1. The van der Waals surface area contributed by atoms with Gasteiger partial charge in [0.25, 0.3) is 11.7 Å². The second-order valence-corrected chi connectivity index (χ2v) is 11.3. The van der Waals surface area contributed by atoms with Crippen LogP contribution in [0.1, 0.15) is 71.9 Å². The lowest BCUT2D eigenvalue weighted by Crippen LogP contribution is -2.46. The van der Waals surface area contributed by atoms with Crippen LogP contribution in [0.2, 0.25) is 0 Å². The summed E-state index contributed by atoms with van der Waals surface area (Å²) < 4.78 is 7.54. The predicted molar refractivity (Wildman–Crippen MR) is 158 cm³/mol. The molecule has 1 amide bonds. The molecule has 4 heterocycles. The number of hydrogen-bond acceptors (Lipinski definition) is 6. The van der Waals surface area contributed by atoms with Crippen LogP contribution in [-0.2, 0) is 17.8 Å². The molecule has 3 aromatic rings. The molecule has 1 saturated heterocycles. The van der Waals surface area contributed by atoms with Gasteiger partial charge >= 0.3 is 0 Å². The lowest BCUT2D eigenvalue weighted by molar-refractivity contribution is -0.112. The Labute approximate surface area is 236 Å². The van der Waals surface area contributed by atoms with Crippen LogP contribution >= 0.6 is 0 Å². The molecule has 0 spiro atoms. The van der Waals surface area contributed by atoms with Crippen LogP contribution in [0.4, 0.5) is 17.2 Å². The van der Waals surface area contributed by atoms with Crippen molar-refractivity contribution in [1.29, 1.82) is 0 Å². The van der Waals surface area contributed by atoms with Gasteiger partial charge in [0, 0.05) is 67.6 Å². The van der Waals surface area contributed by atoms with Crippen LogP contribution < -0.4 is 19.9 Å². The van der Waals surface area contributed by atoms with E-state index in [2.05, 4.69) is 30.7 Å². The topological polar surface area (TPSA) is 79.7 Å². The molecule has 6 rings (SSSR count). The van der Waals surface area contributed by atoms with Crippen LogP contribution in [-0.4, -0.2) is 54.5 Å². The van der Waals surface area contributed by atoms with Gasteiger partial charge in [0.15, 0.2) is 0 Å². The normalized spacial score (nSPS) is 17.6. The second kappa shape index (κ2) is 11.4. The van der Waals surface area contributed by atoms with Crippen molar-refractivity contribution >= 4 is 28.9 Å². The number of amides is 1. The maximum absolute atomic E-state index is 13.5. The number of rotatable bonds is 7. The molecule has 8 nitrogen and oxygen atoms in total. The first kappa shape index (κ1) is 26.4. The Balaban J connectivity index is 1.10. The minimum absolute atomic E-state index is 0.397. The number of aromatic nitrogens is 2. The van der Waals surface area contributed by atoms with E-state index in [-0.39, 0.29) is 0 Å². The fourth-order valence-electron chi connectivity index (χ4n) is 6.61. The maximum Gasteiger partial charge on any atom is 0.298 e. The molecule has 2 aliphatic heterocycles. The third kappa shape index (κ3) is 5.31. The molecule has 8 heteroatoms. The van der Waals surface area contributed by atoms with Crippen molar-refractivity contribution in [2.75, 3.05) is 48.4 Å². The Morgan fingerprint density at radius 3 is 2.35 bits per heavy atom. The molecular weight excluding hydrogens is 502 g/mol. The Bertz CT molecular complexity index is 1380. The van der Waals surface area contributed by atoms with E-state index in [9.17, 15) is 9.59 Å². The Kier molecular flexibility index (Phi) is 7.50. The zero-order chi connectivity index (χ0) is 27.6. The van der Waals surface area contributed by atoms with E-state index in [4.69, 9.17) is 4.74 Å². The van der Waals surface area contributed by atoms with Crippen LogP contribution in [0.15, 0.2) is 42.5 Å². The van der Waals surface area contributed by atoms with Crippen LogP contribution in [0, 0.1) is 6.92 Å². The highest BCUT2D eigenvalue weighted by Gasteiger charge is 2.32. The lowest BCUT2D eigenvalue weighted by Gasteiger charge is -2.37. The van der Waals surface area contributed by atoms with Gasteiger partial charge in [0.05, 0.1) is 12.8 Å². The SMILES string of the molecule is COc1cc(C)nc(N2CCN(c3ccc(NC(=O)C(=O)c4c(C5CCCC5)cc5n4CCCC5)cc3)CC2)c1. The van der Waals surface area contributed by atoms with Crippen LogP contribution in [0.5, 0.6) is 5.75 Å². The summed E-state index contributed by atoms with van der Waals surface area (Å²) >= 11 is 0. The van der Waals surface area contributed by atoms with E-state index >= 15 is 0 Å². The van der Waals surface area contributed by atoms with Crippen LogP contribution in [0.25, 0.3) is 0 Å². The molecule has 0 atom stereocenters. The Hall–Kier alpha value is -3.81. The van der Waals surface area contributed by atoms with Crippen LogP contribution in [0.3, 0.4) is 0 Å². The molecule has 3 aliphatic rings. The van der Waals surface area contributed by atoms with Gasteiger partial charge in [-0.05, 0) is 80.8 Å². The largest absolute Gasteiger partial charge is 0.497 e. The number of nitrogens with one attached hydrogen (secondary N) is 1. The van der Waals surface area contributed by atoms with E-state index in [1.54, 1.807) is 7.11 Å². The molecule has 1 aromatic carbocycles. The van der Waals surface area contributed by atoms with E-state index < -0.39 is 11.7 Å². The van der Waals surface area contributed by atoms with E-state index in [0.717, 1.165) is 93.3 Å². The zero-order valence-electron chi connectivity index (χ0n) is 23.6. The average molecular weight is 542 g/mol. The summed E-state index contributed by atoms with van der Waals surface area (Å²) in [4.78, 5) is 36.0. The first-order valence-corrected chi connectivity index (χ1v) is 14.7. The zero-order valence-corrected chi connectivity index (χ0v) is 23.6. The third-order valence-electron chi connectivity index (χ3n) is 8.74. The van der Waals surface area contributed by atoms with Crippen molar-refractivity contribution in [3.63, 3.8) is 0 Å². The number of piperazine rings is 1. The molecule has 1 N–H and O–H groups in total. The van der Waals surface area contributed by atoms with Crippen molar-refractivity contribution in [2.45, 2.75) is 64.3 Å². The summed E-state index contributed by atoms with van der Waals surface area (Å²) in [5.41, 5.74) is 5.64. The number of Topliss-reactive ketones (excluding diaryl/α,β-unsaturated/α-hetero) is 1. The molecule has 40 heavy (non-hydrogen) atoms. The van der Waals surface area contributed by atoms with Crippen molar-refractivity contribution in [1.82, 2.24) is 9.55 Å². The van der Waals surface area contributed by atoms with Gasteiger partial charge in [0.2, 0.25) is 0 Å². The average Bonchev–Trinajstić information content (AvgIpc) is 3.65. The fraction of sp³-hybridized carbons (Fsp3) is 0.469. The minimum atomic E-state index is -0.548. The Morgan fingerprint density at radius 1 is 0.900 bits per heavy atom. The van der Waals surface area contributed by atoms with E-state index in [0.29, 0.717) is 17.3 Å². The fourth-order valence-corrected chi connectivity index (χ4v) is 6.61. The maximum atomic E-state index is 13.5. The number of fused-ring (bicyclic) bond motifs is 1. The number of benzene rings is 1. The summed E-state index contributed by atoms with van der Waals surface area (Å²) in [5.74, 6) is 1.21. The number of carbonyl (C=O) groups excluding carboxylic acids is 2. The first-order chi connectivity index (χ1) is 19.5. The molecular formula is C32H39N5O3. The molecule has 2 fully saturated rings. The molecule has 1 saturated carbocycles. The number of nitrogens with zero attached hydrogens (tertiary/aromatic N) is 4. The molecule has 0 unspecified atom stereocenters. The van der Waals surface area contributed by atoms with Gasteiger partial charge in [-0.1, -0.05) is 12.8 Å². The summed E-state index contributed by atoms with van der Waals surface area (Å²) in [6.45, 7) is 6.26. The minimum Gasteiger partial charge on any atom is -0.497 e. The molecule has 210 valence electrons. The smallest absolute Gasteiger partial charge is 0.298 e. The number of pyridine rings is 1. The van der Waals surface area contributed by atoms with Crippen molar-refractivity contribution in [2.24, 2.45) is 0 Å². The number of carbonyl (C=O) groups is 2. The van der Waals surface area contributed by atoms with Gasteiger partial charge in [-0.25, -0.2) is 4.98 Å². The van der Waals surface area contributed by atoms with E-state index in [1.165, 1.54) is 18.5 Å². The number of hydrogen-bond donors (Lipinski definition) is 1. The van der Waals surface area contributed by atoms with Gasteiger partial charge in [-0.3, -0.25) is 9.59 Å².